The van der Waals surface area contributed by atoms with Crippen LogP contribution in [-0.2, 0) is 0 Å². The quantitative estimate of drug-likeness (QED) is 0.377. The molecule has 1 aromatic heterocycles. The first-order chi connectivity index (χ1) is 16.0. The van der Waals surface area contributed by atoms with Crippen LogP contribution in [0, 0.1) is 12.7 Å². The number of benzene rings is 3. The molecule has 5 nitrogen and oxygen atoms in total. The zero-order valence-electron chi connectivity index (χ0n) is 18.1. The first-order valence-corrected chi connectivity index (χ1v) is 10.9. The van der Waals surface area contributed by atoms with Gasteiger partial charge in [-0.3, -0.25) is 4.90 Å². The summed E-state index contributed by atoms with van der Waals surface area (Å²) in [6, 6.07) is 23.7. The lowest BCUT2D eigenvalue weighted by Gasteiger charge is -2.37. The molecule has 0 bridgehead atoms. The van der Waals surface area contributed by atoms with E-state index < -0.39 is 0 Å². The van der Waals surface area contributed by atoms with Crippen molar-refractivity contribution in [3.05, 3.63) is 107 Å². The Balaban J connectivity index is 1.65. The minimum absolute atomic E-state index is 0.301. The van der Waals surface area contributed by atoms with Gasteiger partial charge in [0.15, 0.2) is 5.11 Å². The van der Waals surface area contributed by atoms with Gasteiger partial charge in [-0.25, -0.2) is 4.39 Å². The second-order valence-electron chi connectivity index (χ2n) is 7.89. The summed E-state index contributed by atoms with van der Waals surface area (Å²) in [6.07, 6.45) is 0. The van der Waals surface area contributed by atoms with Crippen molar-refractivity contribution < 1.29 is 8.91 Å². The summed E-state index contributed by atoms with van der Waals surface area (Å²) >= 11 is 5.75. The maximum Gasteiger partial charge on any atom is 0.258 e. The molecule has 0 fully saturated rings. The van der Waals surface area contributed by atoms with Crippen molar-refractivity contribution in [2.75, 3.05) is 4.90 Å². The molecule has 2 heterocycles. The molecule has 4 aromatic rings. The van der Waals surface area contributed by atoms with Crippen LogP contribution in [0.15, 0.2) is 89.1 Å². The number of aromatic nitrogens is 2. The fourth-order valence-corrected chi connectivity index (χ4v) is 4.33. The van der Waals surface area contributed by atoms with E-state index in [0.717, 1.165) is 33.6 Å². The standard InChI is InChI=1S/C26H21FN4OS/c1-16-8-14-21(15-9-16)31-17(2)22(23(28-26(31)33)18-10-12-20(27)13-11-18)25-29-24(30-32-25)19-6-4-3-5-7-19/h3-15,23H,1-2H3,(H,28,33). The smallest absolute Gasteiger partial charge is 0.258 e. The molecule has 5 rings (SSSR count). The normalized spacial score (nSPS) is 16.2. The molecule has 0 saturated heterocycles. The fourth-order valence-electron chi connectivity index (χ4n) is 3.97. The van der Waals surface area contributed by atoms with Crippen LogP contribution in [-0.4, -0.2) is 15.3 Å². The highest BCUT2D eigenvalue weighted by atomic mass is 32.1. The average molecular weight is 457 g/mol. The third-order valence-corrected chi connectivity index (χ3v) is 5.97. The van der Waals surface area contributed by atoms with Crippen molar-refractivity contribution in [3.8, 4) is 11.4 Å². The number of nitrogens with zero attached hydrogens (tertiary/aromatic N) is 3. The van der Waals surface area contributed by atoms with Crippen LogP contribution in [0.5, 0.6) is 0 Å². The number of allylic oxidation sites excluding steroid dienone is 1. The molecular formula is C26H21FN4OS. The Labute approximate surface area is 196 Å². The lowest BCUT2D eigenvalue weighted by molar-refractivity contribution is 0.404. The number of hydrogen-bond acceptors (Lipinski definition) is 4. The highest BCUT2D eigenvalue weighted by Gasteiger charge is 2.34. The van der Waals surface area contributed by atoms with E-state index in [1.165, 1.54) is 12.1 Å². The predicted molar refractivity (Wildman–Crippen MR) is 131 cm³/mol. The van der Waals surface area contributed by atoms with Crippen LogP contribution < -0.4 is 10.2 Å². The van der Waals surface area contributed by atoms with Crippen molar-refractivity contribution >= 4 is 28.6 Å². The van der Waals surface area contributed by atoms with Crippen molar-refractivity contribution in [2.45, 2.75) is 19.9 Å². The maximum absolute atomic E-state index is 13.6. The molecule has 164 valence electrons. The molecule has 1 N–H and O–H groups in total. The van der Waals surface area contributed by atoms with E-state index in [2.05, 4.69) is 10.5 Å². The Bertz CT molecular complexity index is 1330. The monoisotopic (exact) mass is 456 g/mol. The number of nitrogens with one attached hydrogen (secondary N) is 1. The SMILES string of the molecule is CC1=C(c2nc(-c3ccccc3)no2)C(c2ccc(F)cc2)NC(=S)N1c1ccc(C)cc1. The Morgan fingerprint density at radius 1 is 0.939 bits per heavy atom. The minimum atomic E-state index is -0.371. The largest absolute Gasteiger partial charge is 0.351 e. The van der Waals surface area contributed by atoms with Crippen LogP contribution in [0.25, 0.3) is 17.0 Å². The van der Waals surface area contributed by atoms with E-state index in [9.17, 15) is 4.39 Å². The summed E-state index contributed by atoms with van der Waals surface area (Å²) in [5.74, 6) is 0.580. The molecule has 1 atom stereocenters. The molecule has 0 saturated carbocycles. The van der Waals surface area contributed by atoms with Crippen LogP contribution in [0.4, 0.5) is 10.1 Å². The lowest BCUT2D eigenvalue weighted by atomic mass is 9.94. The number of anilines is 1. The van der Waals surface area contributed by atoms with Crippen LogP contribution >= 0.6 is 12.2 Å². The second-order valence-corrected chi connectivity index (χ2v) is 8.28. The minimum Gasteiger partial charge on any atom is -0.351 e. The third-order valence-electron chi connectivity index (χ3n) is 5.67. The van der Waals surface area contributed by atoms with Gasteiger partial charge in [-0.1, -0.05) is 65.3 Å². The Morgan fingerprint density at radius 3 is 2.33 bits per heavy atom. The molecule has 0 spiro atoms. The highest BCUT2D eigenvalue weighted by molar-refractivity contribution is 7.80. The number of thiocarbonyl (C=S) groups is 1. The van der Waals surface area contributed by atoms with Gasteiger partial charge in [0.05, 0.1) is 11.6 Å². The van der Waals surface area contributed by atoms with Gasteiger partial charge >= 0.3 is 0 Å². The molecule has 0 amide bonds. The molecule has 0 aliphatic carbocycles. The molecule has 7 heteroatoms. The van der Waals surface area contributed by atoms with Gasteiger partial charge in [-0.2, -0.15) is 4.98 Å². The van der Waals surface area contributed by atoms with Crippen LogP contribution in [0.3, 0.4) is 0 Å². The zero-order valence-corrected chi connectivity index (χ0v) is 18.9. The lowest BCUT2D eigenvalue weighted by Crippen LogP contribution is -2.46. The topological polar surface area (TPSA) is 54.2 Å². The fraction of sp³-hybridized carbons (Fsp3) is 0.115. The number of aryl methyl sites for hydroxylation is 1. The van der Waals surface area contributed by atoms with E-state index in [4.69, 9.17) is 21.7 Å². The van der Waals surface area contributed by atoms with Gasteiger partial charge in [0.25, 0.3) is 5.89 Å². The summed E-state index contributed by atoms with van der Waals surface area (Å²) in [5, 5.41) is 8.14. The van der Waals surface area contributed by atoms with E-state index in [-0.39, 0.29) is 11.9 Å². The first-order valence-electron chi connectivity index (χ1n) is 10.5. The summed E-state index contributed by atoms with van der Waals surface area (Å²) in [4.78, 5) is 6.65. The van der Waals surface area contributed by atoms with E-state index in [0.29, 0.717) is 16.8 Å². The Kier molecular flexibility index (Phi) is 5.48. The van der Waals surface area contributed by atoms with Crippen molar-refractivity contribution in [2.24, 2.45) is 0 Å². The van der Waals surface area contributed by atoms with Gasteiger partial charge < -0.3 is 9.84 Å². The highest BCUT2D eigenvalue weighted by Crippen LogP contribution is 2.39. The molecule has 33 heavy (non-hydrogen) atoms. The second kappa shape index (κ2) is 8.60. The van der Waals surface area contributed by atoms with Gasteiger partial charge in [-0.15, -0.1) is 0 Å². The van der Waals surface area contributed by atoms with Gasteiger partial charge in [0.1, 0.15) is 5.82 Å². The van der Waals surface area contributed by atoms with Gasteiger partial charge in [0.2, 0.25) is 5.82 Å². The molecule has 3 aromatic carbocycles. The Hall–Kier alpha value is -3.84. The molecular weight excluding hydrogens is 435 g/mol. The van der Waals surface area contributed by atoms with Crippen molar-refractivity contribution in [3.63, 3.8) is 0 Å². The van der Waals surface area contributed by atoms with E-state index in [1.54, 1.807) is 12.1 Å². The molecule has 1 aliphatic rings. The van der Waals surface area contributed by atoms with E-state index >= 15 is 0 Å². The summed E-state index contributed by atoms with van der Waals surface area (Å²) < 4.78 is 19.4. The maximum atomic E-state index is 13.6. The predicted octanol–water partition coefficient (Wildman–Crippen LogP) is 6.05. The van der Waals surface area contributed by atoms with Crippen molar-refractivity contribution in [1.82, 2.24) is 15.5 Å². The first kappa shape index (κ1) is 21.0. The zero-order chi connectivity index (χ0) is 22.9. The molecule has 1 unspecified atom stereocenters. The van der Waals surface area contributed by atoms with Crippen LogP contribution in [0.2, 0.25) is 0 Å². The summed E-state index contributed by atoms with van der Waals surface area (Å²) in [7, 11) is 0. The number of halogens is 1. The third kappa shape index (κ3) is 4.03. The molecule has 0 radical (unpaired) electrons. The average Bonchev–Trinajstić information content (AvgIpc) is 3.31. The van der Waals surface area contributed by atoms with Crippen molar-refractivity contribution in [1.29, 1.82) is 0 Å². The number of rotatable bonds is 4. The summed E-state index contributed by atoms with van der Waals surface area (Å²) in [5.41, 5.74) is 5.43. The Morgan fingerprint density at radius 2 is 1.64 bits per heavy atom. The van der Waals surface area contributed by atoms with Crippen LogP contribution in [0.1, 0.15) is 30.0 Å². The van der Waals surface area contributed by atoms with Gasteiger partial charge in [0, 0.05) is 16.9 Å². The van der Waals surface area contributed by atoms with Gasteiger partial charge in [-0.05, 0) is 55.9 Å². The number of hydrogen-bond donors (Lipinski definition) is 1. The summed E-state index contributed by atoms with van der Waals surface area (Å²) in [6.45, 7) is 4.02. The molecule has 1 aliphatic heterocycles. The van der Waals surface area contributed by atoms with E-state index in [1.807, 2.05) is 73.3 Å².